The first-order chi connectivity index (χ1) is 10.1. The SMILES string of the molecule is CC(C)(C)OC(=O)N1C2CCC1C(CNCC(F)(F)CO)C2. The molecule has 3 atom stereocenters. The molecule has 0 spiro atoms. The Balaban J connectivity index is 1.87. The summed E-state index contributed by atoms with van der Waals surface area (Å²) in [5, 5.41) is 11.3. The lowest BCUT2D eigenvalue weighted by Crippen LogP contribution is -2.43. The molecule has 2 N–H and O–H groups in total. The van der Waals surface area contributed by atoms with Gasteiger partial charge in [-0.05, 0) is 46.0 Å². The average molecular weight is 320 g/mol. The van der Waals surface area contributed by atoms with Crippen molar-refractivity contribution in [2.75, 3.05) is 19.7 Å². The summed E-state index contributed by atoms with van der Waals surface area (Å²) >= 11 is 0. The van der Waals surface area contributed by atoms with Crippen molar-refractivity contribution in [2.45, 2.75) is 63.6 Å². The number of halogens is 2. The zero-order valence-corrected chi connectivity index (χ0v) is 13.4. The molecule has 0 radical (unpaired) electrons. The molecule has 2 heterocycles. The molecule has 0 aromatic rings. The monoisotopic (exact) mass is 320 g/mol. The van der Waals surface area contributed by atoms with Crippen molar-refractivity contribution in [3.63, 3.8) is 0 Å². The van der Waals surface area contributed by atoms with Crippen molar-refractivity contribution in [3.05, 3.63) is 0 Å². The van der Waals surface area contributed by atoms with Crippen molar-refractivity contribution >= 4 is 6.09 Å². The summed E-state index contributed by atoms with van der Waals surface area (Å²) in [6.07, 6.45) is 2.37. The number of hydrogen-bond acceptors (Lipinski definition) is 4. The smallest absolute Gasteiger partial charge is 0.410 e. The van der Waals surface area contributed by atoms with Gasteiger partial charge in [-0.15, -0.1) is 0 Å². The van der Waals surface area contributed by atoms with E-state index < -0.39 is 24.7 Å². The van der Waals surface area contributed by atoms with Crippen LogP contribution in [0.4, 0.5) is 13.6 Å². The van der Waals surface area contributed by atoms with Gasteiger partial charge < -0.3 is 20.1 Å². The first-order valence-electron chi connectivity index (χ1n) is 7.84. The van der Waals surface area contributed by atoms with Crippen LogP contribution in [0.1, 0.15) is 40.0 Å². The maximum absolute atomic E-state index is 13.0. The highest BCUT2D eigenvalue weighted by atomic mass is 19.3. The van der Waals surface area contributed by atoms with Crippen LogP contribution >= 0.6 is 0 Å². The van der Waals surface area contributed by atoms with Crippen molar-refractivity contribution in [1.29, 1.82) is 0 Å². The quantitative estimate of drug-likeness (QED) is 0.813. The van der Waals surface area contributed by atoms with E-state index in [1.165, 1.54) is 0 Å². The second-order valence-corrected chi connectivity index (χ2v) is 7.33. The first kappa shape index (κ1) is 17.4. The molecule has 128 valence electrons. The Hall–Kier alpha value is -0.950. The average Bonchev–Trinajstić information content (AvgIpc) is 2.94. The highest BCUT2D eigenvalue weighted by molar-refractivity contribution is 5.70. The second kappa shape index (κ2) is 6.28. The number of fused-ring (bicyclic) bond motifs is 2. The summed E-state index contributed by atoms with van der Waals surface area (Å²) in [6, 6.07) is 0.222. The summed E-state index contributed by atoms with van der Waals surface area (Å²) < 4.78 is 31.5. The molecule has 5 nitrogen and oxygen atoms in total. The van der Waals surface area contributed by atoms with Crippen molar-refractivity contribution in [3.8, 4) is 0 Å². The molecule has 22 heavy (non-hydrogen) atoms. The van der Waals surface area contributed by atoms with Crippen LogP contribution in [0.15, 0.2) is 0 Å². The molecular weight excluding hydrogens is 294 g/mol. The lowest BCUT2D eigenvalue weighted by atomic mass is 9.89. The van der Waals surface area contributed by atoms with Crippen LogP contribution in [0.3, 0.4) is 0 Å². The number of ether oxygens (including phenoxy) is 1. The van der Waals surface area contributed by atoms with Crippen molar-refractivity contribution in [2.24, 2.45) is 5.92 Å². The molecule has 3 unspecified atom stereocenters. The molecular formula is C15H26F2N2O3. The highest BCUT2D eigenvalue weighted by Crippen LogP contribution is 2.42. The fourth-order valence-corrected chi connectivity index (χ4v) is 3.43. The number of amides is 1. The largest absolute Gasteiger partial charge is 0.444 e. The number of nitrogens with zero attached hydrogens (tertiary/aromatic N) is 1. The van der Waals surface area contributed by atoms with E-state index >= 15 is 0 Å². The fraction of sp³-hybridized carbons (Fsp3) is 0.933. The van der Waals surface area contributed by atoms with Crippen LogP contribution in [0, 0.1) is 5.92 Å². The van der Waals surface area contributed by atoms with E-state index in [4.69, 9.17) is 9.84 Å². The van der Waals surface area contributed by atoms with Crippen LogP contribution in [0.5, 0.6) is 0 Å². The standard InChI is InChI=1S/C15H26F2N2O3/c1-14(2,3)22-13(21)19-11-4-5-12(19)10(6-11)7-18-8-15(16,17)9-20/h10-12,18,20H,4-9H2,1-3H3. The minimum atomic E-state index is -3.09. The van der Waals surface area contributed by atoms with E-state index in [0.29, 0.717) is 6.54 Å². The third-order valence-corrected chi connectivity index (χ3v) is 4.29. The zero-order valence-electron chi connectivity index (χ0n) is 13.4. The lowest BCUT2D eigenvalue weighted by Gasteiger charge is -2.28. The van der Waals surface area contributed by atoms with E-state index in [1.54, 1.807) is 4.90 Å². The molecule has 2 aliphatic rings. The minimum Gasteiger partial charge on any atom is -0.444 e. The lowest BCUT2D eigenvalue weighted by molar-refractivity contribution is -0.0481. The van der Waals surface area contributed by atoms with Gasteiger partial charge in [-0.25, -0.2) is 13.6 Å². The van der Waals surface area contributed by atoms with Gasteiger partial charge in [0.2, 0.25) is 0 Å². The van der Waals surface area contributed by atoms with Gasteiger partial charge in [-0.1, -0.05) is 0 Å². The fourth-order valence-electron chi connectivity index (χ4n) is 3.43. The zero-order chi connectivity index (χ0) is 16.5. The summed E-state index contributed by atoms with van der Waals surface area (Å²) in [4.78, 5) is 14.1. The van der Waals surface area contributed by atoms with Crippen molar-refractivity contribution < 1.29 is 23.4 Å². The second-order valence-electron chi connectivity index (χ2n) is 7.33. The van der Waals surface area contributed by atoms with Gasteiger partial charge in [-0.3, -0.25) is 0 Å². The Labute approximate surface area is 130 Å². The predicted octanol–water partition coefficient (Wildman–Crippen LogP) is 1.99. The molecule has 1 amide bonds. The number of aliphatic hydroxyl groups is 1. The van der Waals surface area contributed by atoms with E-state index in [0.717, 1.165) is 19.3 Å². The molecule has 2 saturated heterocycles. The number of nitrogens with one attached hydrogen (secondary N) is 1. The third-order valence-electron chi connectivity index (χ3n) is 4.29. The molecule has 0 saturated carbocycles. The van der Waals surface area contributed by atoms with Crippen molar-refractivity contribution in [1.82, 2.24) is 10.2 Å². The summed E-state index contributed by atoms with van der Waals surface area (Å²) in [5.74, 6) is -2.93. The number of alkyl halides is 2. The van der Waals surface area contributed by atoms with Gasteiger partial charge in [0.15, 0.2) is 0 Å². The van der Waals surface area contributed by atoms with E-state index in [1.807, 2.05) is 20.8 Å². The number of rotatable bonds is 5. The Morgan fingerprint density at radius 2 is 2.05 bits per heavy atom. The molecule has 2 bridgehead atoms. The Bertz CT molecular complexity index is 412. The Morgan fingerprint density at radius 3 is 2.64 bits per heavy atom. The first-order valence-corrected chi connectivity index (χ1v) is 7.84. The molecule has 2 aliphatic heterocycles. The van der Waals surface area contributed by atoms with Crippen LogP contribution < -0.4 is 5.32 Å². The van der Waals surface area contributed by atoms with E-state index in [2.05, 4.69) is 5.32 Å². The Morgan fingerprint density at radius 1 is 1.36 bits per heavy atom. The van der Waals surface area contributed by atoms with E-state index in [-0.39, 0.29) is 24.1 Å². The molecule has 7 heteroatoms. The van der Waals surface area contributed by atoms with Gasteiger partial charge in [0.25, 0.3) is 5.92 Å². The van der Waals surface area contributed by atoms with Gasteiger partial charge in [0.05, 0.1) is 6.54 Å². The van der Waals surface area contributed by atoms with Crippen LogP contribution in [-0.4, -0.2) is 59.4 Å². The van der Waals surface area contributed by atoms with Gasteiger partial charge in [0, 0.05) is 18.6 Å². The summed E-state index contributed by atoms with van der Waals surface area (Å²) in [5.41, 5.74) is -0.532. The minimum absolute atomic E-state index is 0.0649. The van der Waals surface area contributed by atoms with Crippen LogP contribution in [0.2, 0.25) is 0 Å². The van der Waals surface area contributed by atoms with Gasteiger partial charge >= 0.3 is 6.09 Å². The van der Waals surface area contributed by atoms with Crippen LogP contribution in [-0.2, 0) is 4.74 Å². The summed E-state index contributed by atoms with van der Waals surface area (Å²) in [6.45, 7) is 4.23. The van der Waals surface area contributed by atoms with Crippen LogP contribution in [0.25, 0.3) is 0 Å². The maximum Gasteiger partial charge on any atom is 0.410 e. The molecule has 0 aliphatic carbocycles. The van der Waals surface area contributed by atoms with E-state index in [9.17, 15) is 13.6 Å². The molecule has 0 aromatic carbocycles. The summed E-state index contributed by atoms with van der Waals surface area (Å²) in [7, 11) is 0. The maximum atomic E-state index is 13.0. The topological polar surface area (TPSA) is 61.8 Å². The highest BCUT2D eigenvalue weighted by Gasteiger charge is 2.49. The number of carbonyl (C=O) groups is 1. The molecule has 2 rings (SSSR count). The normalized spacial score (nSPS) is 28.3. The predicted molar refractivity (Wildman–Crippen MR) is 77.9 cm³/mol. The third kappa shape index (κ3) is 4.07. The number of aliphatic hydroxyl groups excluding tert-OH is 1. The molecule has 2 fully saturated rings. The molecule has 0 aromatic heterocycles. The number of hydrogen-bond donors (Lipinski definition) is 2. The van der Waals surface area contributed by atoms with Gasteiger partial charge in [-0.2, -0.15) is 0 Å². The van der Waals surface area contributed by atoms with Gasteiger partial charge in [0.1, 0.15) is 12.2 Å². The Kier molecular flexibility index (Phi) is 4.96. The number of carbonyl (C=O) groups excluding carboxylic acids is 1.